The lowest BCUT2D eigenvalue weighted by Gasteiger charge is -2.12. The highest BCUT2D eigenvalue weighted by molar-refractivity contribution is 5.88. The van der Waals surface area contributed by atoms with Crippen molar-refractivity contribution in [3.05, 3.63) is 17.5 Å². The fourth-order valence-corrected chi connectivity index (χ4v) is 1.05. The second-order valence-corrected chi connectivity index (χ2v) is 2.75. The second kappa shape index (κ2) is 4.08. The first-order valence-corrected chi connectivity index (χ1v) is 3.86. The number of carbonyl (C=O) groups is 1. The number of alkyl halides is 4. The van der Waals surface area contributed by atoms with Crippen molar-refractivity contribution in [1.82, 2.24) is 9.78 Å². The molecule has 90 valence electrons. The molecule has 1 N–H and O–H groups in total. The Morgan fingerprint density at radius 2 is 2.19 bits per heavy atom. The van der Waals surface area contributed by atoms with E-state index in [0.29, 0.717) is 4.68 Å². The standard InChI is InChI=1S/C7H6F4N2O3/c1-13-4(3(2-12-13)6(14)15)5(8)16-7(9,10)11/h2,5H,1H3,(H,14,15). The monoisotopic (exact) mass is 242 g/mol. The quantitative estimate of drug-likeness (QED) is 0.818. The van der Waals surface area contributed by atoms with Crippen LogP contribution in [0.4, 0.5) is 17.6 Å². The highest BCUT2D eigenvalue weighted by atomic mass is 19.4. The topological polar surface area (TPSA) is 64.4 Å². The van der Waals surface area contributed by atoms with Crippen LogP contribution in [0.3, 0.4) is 0 Å². The third kappa shape index (κ3) is 2.69. The van der Waals surface area contributed by atoms with Crippen LogP contribution in [0.2, 0.25) is 0 Å². The lowest BCUT2D eigenvalue weighted by molar-refractivity contribution is -0.363. The van der Waals surface area contributed by atoms with Crippen LogP contribution in [0.25, 0.3) is 0 Å². The molecule has 1 rings (SSSR count). The number of aromatic nitrogens is 2. The molecule has 16 heavy (non-hydrogen) atoms. The summed E-state index contributed by atoms with van der Waals surface area (Å²) >= 11 is 0. The number of aryl methyl sites for hydroxylation is 1. The van der Waals surface area contributed by atoms with Crippen molar-refractivity contribution in [3.63, 3.8) is 0 Å². The van der Waals surface area contributed by atoms with Crippen molar-refractivity contribution in [2.24, 2.45) is 7.05 Å². The first-order chi connectivity index (χ1) is 7.22. The molecule has 0 saturated heterocycles. The van der Waals surface area contributed by atoms with Crippen LogP contribution in [0.5, 0.6) is 0 Å². The summed E-state index contributed by atoms with van der Waals surface area (Å²) in [6.07, 6.45) is -7.39. The average Bonchev–Trinajstić information content (AvgIpc) is 2.43. The van der Waals surface area contributed by atoms with E-state index in [1.165, 1.54) is 0 Å². The van der Waals surface area contributed by atoms with E-state index in [9.17, 15) is 22.4 Å². The molecule has 0 aliphatic carbocycles. The maximum atomic E-state index is 13.1. The van der Waals surface area contributed by atoms with E-state index in [1.54, 1.807) is 0 Å². The van der Waals surface area contributed by atoms with Crippen LogP contribution in [0, 0.1) is 0 Å². The van der Waals surface area contributed by atoms with Gasteiger partial charge in [0.05, 0.1) is 6.20 Å². The molecule has 0 aliphatic rings. The molecular weight excluding hydrogens is 236 g/mol. The van der Waals surface area contributed by atoms with Crippen molar-refractivity contribution in [3.8, 4) is 0 Å². The number of ether oxygens (including phenoxy) is 1. The number of hydrogen-bond donors (Lipinski definition) is 1. The van der Waals surface area contributed by atoms with Crippen LogP contribution in [0.1, 0.15) is 22.4 Å². The van der Waals surface area contributed by atoms with Crippen LogP contribution in [-0.4, -0.2) is 27.2 Å². The molecule has 0 radical (unpaired) electrons. The summed E-state index contributed by atoms with van der Waals surface area (Å²) in [5.74, 6) is -1.59. The van der Waals surface area contributed by atoms with E-state index in [-0.39, 0.29) is 0 Å². The molecule has 0 saturated carbocycles. The molecule has 0 bridgehead atoms. The van der Waals surface area contributed by atoms with E-state index < -0.39 is 29.9 Å². The number of hydrogen-bond acceptors (Lipinski definition) is 3. The van der Waals surface area contributed by atoms with Crippen LogP contribution < -0.4 is 0 Å². The lowest BCUT2D eigenvalue weighted by atomic mass is 10.2. The summed E-state index contributed by atoms with van der Waals surface area (Å²) in [4.78, 5) is 10.5. The van der Waals surface area contributed by atoms with Gasteiger partial charge in [0.1, 0.15) is 11.3 Å². The summed E-state index contributed by atoms with van der Waals surface area (Å²) in [5, 5.41) is 11.9. The highest BCUT2D eigenvalue weighted by Crippen LogP contribution is 2.30. The Balaban J connectivity index is 3.03. The van der Waals surface area contributed by atoms with Crippen LogP contribution >= 0.6 is 0 Å². The Hall–Kier alpha value is -1.64. The van der Waals surface area contributed by atoms with Crippen LogP contribution in [-0.2, 0) is 11.8 Å². The molecule has 1 heterocycles. The van der Waals surface area contributed by atoms with Gasteiger partial charge < -0.3 is 5.11 Å². The number of aromatic carboxylic acids is 1. The molecule has 0 fully saturated rings. The third-order valence-corrected chi connectivity index (χ3v) is 1.67. The first-order valence-electron chi connectivity index (χ1n) is 3.86. The summed E-state index contributed by atoms with van der Waals surface area (Å²) in [6.45, 7) is 0. The molecule has 1 unspecified atom stereocenters. The Morgan fingerprint density at radius 1 is 1.62 bits per heavy atom. The SMILES string of the molecule is Cn1ncc(C(=O)O)c1C(F)OC(F)(F)F. The zero-order valence-electron chi connectivity index (χ0n) is 7.82. The number of carboxylic acid groups (broad SMARTS) is 1. The number of rotatable bonds is 3. The Morgan fingerprint density at radius 3 is 2.62 bits per heavy atom. The zero-order chi connectivity index (χ0) is 12.5. The van der Waals surface area contributed by atoms with Crippen molar-refractivity contribution < 1.29 is 32.2 Å². The van der Waals surface area contributed by atoms with E-state index >= 15 is 0 Å². The molecule has 0 aromatic carbocycles. The molecule has 1 aromatic heterocycles. The Kier molecular flexibility index (Phi) is 3.17. The second-order valence-electron chi connectivity index (χ2n) is 2.75. The van der Waals surface area contributed by atoms with Crippen LogP contribution in [0.15, 0.2) is 6.20 Å². The maximum absolute atomic E-state index is 13.1. The minimum absolute atomic E-state index is 0.667. The Bertz CT molecular complexity index is 401. The fraction of sp³-hybridized carbons (Fsp3) is 0.429. The van der Waals surface area contributed by atoms with E-state index in [4.69, 9.17) is 5.11 Å². The van der Waals surface area contributed by atoms with Gasteiger partial charge in [-0.25, -0.2) is 9.18 Å². The van der Waals surface area contributed by atoms with E-state index in [1.807, 2.05) is 0 Å². The van der Waals surface area contributed by atoms with Gasteiger partial charge in [0.2, 0.25) is 0 Å². The fourth-order valence-electron chi connectivity index (χ4n) is 1.05. The van der Waals surface area contributed by atoms with Gasteiger partial charge in [-0.3, -0.25) is 9.42 Å². The maximum Gasteiger partial charge on any atom is 0.525 e. The van der Waals surface area contributed by atoms with Crippen molar-refractivity contribution in [1.29, 1.82) is 0 Å². The smallest absolute Gasteiger partial charge is 0.478 e. The van der Waals surface area contributed by atoms with E-state index in [0.717, 1.165) is 13.2 Å². The van der Waals surface area contributed by atoms with Gasteiger partial charge in [0.15, 0.2) is 0 Å². The van der Waals surface area contributed by atoms with Gasteiger partial charge in [0, 0.05) is 7.05 Å². The zero-order valence-corrected chi connectivity index (χ0v) is 7.82. The molecule has 0 aliphatic heterocycles. The predicted molar refractivity (Wildman–Crippen MR) is 41.2 cm³/mol. The van der Waals surface area contributed by atoms with Crippen molar-refractivity contribution in [2.75, 3.05) is 0 Å². The summed E-state index contributed by atoms with van der Waals surface area (Å²) < 4.78 is 52.0. The number of carboxylic acids is 1. The molecule has 0 spiro atoms. The minimum Gasteiger partial charge on any atom is -0.478 e. The first kappa shape index (κ1) is 12.4. The van der Waals surface area contributed by atoms with Gasteiger partial charge in [-0.1, -0.05) is 0 Å². The minimum atomic E-state index is -5.19. The number of nitrogens with zero attached hydrogens (tertiary/aromatic N) is 2. The van der Waals surface area contributed by atoms with Gasteiger partial charge in [-0.2, -0.15) is 5.10 Å². The van der Waals surface area contributed by atoms with Gasteiger partial charge in [0.25, 0.3) is 6.36 Å². The lowest BCUT2D eigenvalue weighted by Crippen LogP contribution is -2.19. The third-order valence-electron chi connectivity index (χ3n) is 1.67. The van der Waals surface area contributed by atoms with Gasteiger partial charge in [-0.15, -0.1) is 13.2 Å². The van der Waals surface area contributed by atoms with E-state index in [2.05, 4.69) is 9.84 Å². The molecular formula is C7H6F4N2O3. The highest BCUT2D eigenvalue weighted by Gasteiger charge is 2.37. The number of halogens is 4. The molecule has 0 amide bonds. The van der Waals surface area contributed by atoms with Crippen molar-refractivity contribution >= 4 is 5.97 Å². The molecule has 5 nitrogen and oxygen atoms in total. The van der Waals surface area contributed by atoms with Crippen molar-refractivity contribution in [2.45, 2.75) is 12.7 Å². The van der Waals surface area contributed by atoms with Gasteiger partial charge >= 0.3 is 12.3 Å². The molecule has 1 atom stereocenters. The molecule has 9 heteroatoms. The largest absolute Gasteiger partial charge is 0.525 e. The summed E-state index contributed by atoms with van der Waals surface area (Å²) in [5.41, 5.74) is -1.48. The summed E-state index contributed by atoms with van der Waals surface area (Å²) in [6, 6.07) is 0. The molecule has 1 aromatic rings. The van der Waals surface area contributed by atoms with Gasteiger partial charge in [-0.05, 0) is 0 Å². The predicted octanol–water partition coefficient (Wildman–Crippen LogP) is 1.62. The Labute approximate surface area is 86.2 Å². The summed E-state index contributed by atoms with van der Waals surface area (Å²) in [7, 11) is 1.11. The normalized spacial score (nSPS) is 13.8. The average molecular weight is 242 g/mol.